The average Bonchev–Trinajstić information content (AvgIpc) is 2.59. The van der Waals surface area contributed by atoms with E-state index in [-0.39, 0.29) is 41.7 Å². The van der Waals surface area contributed by atoms with E-state index in [1.165, 1.54) is 6.07 Å². The van der Waals surface area contributed by atoms with Crippen LogP contribution in [0.3, 0.4) is 0 Å². The molecule has 0 saturated carbocycles. The highest BCUT2D eigenvalue weighted by Gasteiger charge is 2.27. The molecule has 1 heterocycles. The molecule has 7 heteroatoms. The molecule has 5 nitrogen and oxygen atoms in total. The number of carbonyl (C=O) groups excluding carboxylic acids is 1. The van der Waals surface area contributed by atoms with Gasteiger partial charge in [-0.05, 0) is 43.9 Å². The molecule has 0 aliphatic carbocycles. The number of nitrogens with one attached hydrogen (secondary N) is 1. The lowest BCUT2D eigenvalue weighted by Gasteiger charge is -2.33. The molecule has 0 amide bonds. The summed E-state index contributed by atoms with van der Waals surface area (Å²) in [6, 6.07) is 6.64. The van der Waals surface area contributed by atoms with Gasteiger partial charge in [-0.1, -0.05) is 12.1 Å². The van der Waals surface area contributed by atoms with Crippen molar-refractivity contribution in [3.05, 3.63) is 35.6 Å². The number of ether oxygens (including phenoxy) is 1. The number of likely N-dealkylation sites (tertiary alicyclic amines) is 1. The van der Waals surface area contributed by atoms with Crippen molar-refractivity contribution in [1.29, 1.82) is 0 Å². The Kier molecular flexibility index (Phi) is 9.77. The average molecular weight is 463 g/mol. The second-order valence-corrected chi connectivity index (χ2v) is 5.87. The van der Waals surface area contributed by atoms with Crippen LogP contribution in [0.25, 0.3) is 0 Å². The standard InChI is InChI=1S/C18H26FN3O2.HI/c1-3-24-17(23)15-8-11-22(12-9-15)18(20-2)21-10-7-14-5-4-6-16(19)13-14;/h4-6,13,15H,3,7-12H2,1-2H3,(H,20,21);1H. The Morgan fingerprint density at radius 3 is 2.72 bits per heavy atom. The van der Waals surface area contributed by atoms with Crippen LogP contribution in [-0.4, -0.2) is 50.1 Å². The highest BCUT2D eigenvalue weighted by atomic mass is 127. The van der Waals surface area contributed by atoms with Gasteiger partial charge in [0.05, 0.1) is 12.5 Å². The predicted molar refractivity (Wildman–Crippen MR) is 108 cm³/mol. The largest absolute Gasteiger partial charge is 0.466 e. The van der Waals surface area contributed by atoms with E-state index in [2.05, 4.69) is 15.2 Å². The number of rotatable bonds is 5. The summed E-state index contributed by atoms with van der Waals surface area (Å²) in [5.41, 5.74) is 0.957. The molecule has 2 rings (SSSR count). The molecule has 0 bridgehead atoms. The van der Waals surface area contributed by atoms with Gasteiger partial charge in [0.15, 0.2) is 5.96 Å². The summed E-state index contributed by atoms with van der Waals surface area (Å²) in [6.45, 7) is 4.51. The van der Waals surface area contributed by atoms with Crippen LogP contribution in [0, 0.1) is 11.7 Å². The number of carbonyl (C=O) groups is 1. The molecule has 1 aromatic rings. The van der Waals surface area contributed by atoms with Crippen LogP contribution in [0.2, 0.25) is 0 Å². The van der Waals surface area contributed by atoms with E-state index < -0.39 is 0 Å². The fourth-order valence-corrected chi connectivity index (χ4v) is 2.93. The number of aliphatic imine (C=N–C) groups is 1. The molecule has 1 aromatic carbocycles. The van der Waals surface area contributed by atoms with Crippen molar-refractivity contribution in [2.45, 2.75) is 26.2 Å². The molecule has 0 aromatic heterocycles. The van der Waals surface area contributed by atoms with Gasteiger partial charge in [-0.3, -0.25) is 9.79 Å². The molecule has 140 valence electrons. The van der Waals surface area contributed by atoms with Gasteiger partial charge >= 0.3 is 5.97 Å². The van der Waals surface area contributed by atoms with E-state index in [0.29, 0.717) is 13.2 Å². The van der Waals surface area contributed by atoms with Gasteiger partial charge < -0.3 is 15.0 Å². The first kappa shape index (κ1) is 21.7. The maximum absolute atomic E-state index is 13.2. The van der Waals surface area contributed by atoms with E-state index >= 15 is 0 Å². The van der Waals surface area contributed by atoms with Crippen LogP contribution in [0.1, 0.15) is 25.3 Å². The minimum Gasteiger partial charge on any atom is -0.466 e. The van der Waals surface area contributed by atoms with Crippen LogP contribution in [0.15, 0.2) is 29.3 Å². The van der Waals surface area contributed by atoms with Crippen molar-refractivity contribution in [2.75, 3.05) is 33.3 Å². The first-order valence-corrected chi connectivity index (χ1v) is 8.50. The topological polar surface area (TPSA) is 53.9 Å². The van der Waals surface area contributed by atoms with Crippen LogP contribution in [0.5, 0.6) is 0 Å². The first-order valence-electron chi connectivity index (χ1n) is 8.50. The third-order valence-electron chi connectivity index (χ3n) is 4.21. The van der Waals surface area contributed by atoms with Gasteiger partial charge in [-0.15, -0.1) is 24.0 Å². The third-order valence-corrected chi connectivity index (χ3v) is 4.21. The predicted octanol–water partition coefficient (Wildman–Crippen LogP) is 2.84. The summed E-state index contributed by atoms with van der Waals surface area (Å²) in [5, 5.41) is 3.31. The molecule has 1 saturated heterocycles. The van der Waals surface area contributed by atoms with Crippen molar-refractivity contribution in [1.82, 2.24) is 10.2 Å². The van der Waals surface area contributed by atoms with Crippen molar-refractivity contribution in [3.8, 4) is 0 Å². The summed E-state index contributed by atoms with van der Waals surface area (Å²) in [6.07, 6.45) is 2.29. The van der Waals surface area contributed by atoms with Gasteiger partial charge in [0.1, 0.15) is 5.82 Å². The summed E-state index contributed by atoms with van der Waals surface area (Å²) < 4.78 is 18.3. The van der Waals surface area contributed by atoms with E-state index in [0.717, 1.165) is 43.9 Å². The summed E-state index contributed by atoms with van der Waals surface area (Å²) in [7, 11) is 1.75. The Labute approximate surface area is 166 Å². The van der Waals surface area contributed by atoms with Crippen LogP contribution >= 0.6 is 24.0 Å². The highest BCUT2D eigenvalue weighted by molar-refractivity contribution is 14.0. The molecule has 1 aliphatic rings. The summed E-state index contributed by atoms with van der Waals surface area (Å²) in [5.74, 6) is 0.518. The Balaban J connectivity index is 0.00000312. The number of hydrogen-bond donors (Lipinski definition) is 1. The molecule has 25 heavy (non-hydrogen) atoms. The molecular formula is C18H27FIN3O2. The number of benzene rings is 1. The molecular weight excluding hydrogens is 436 g/mol. The van der Waals surface area contributed by atoms with Crippen molar-refractivity contribution in [3.63, 3.8) is 0 Å². The van der Waals surface area contributed by atoms with Gasteiger partial charge in [-0.2, -0.15) is 0 Å². The van der Waals surface area contributed by atoms with Gasteiger partial charge in [0.25, 0.3) is 0 Å². The van der Waals surface area contributed by atoms with Crippen LogP contribution in [-0.2, 0) is 16.0 Å². The molecule has 1 fully saturated rings. The number of nitrogens with zero attached hydrogens (tertiary/aromatic N) is 2. The minimum atomic E-state index is -0.210. The van der Waals surface area contributed by atoms with Gasteiger partial charge in [-0.25, -0.2) is 4.39 Å². The van der Waals surface area contributed by atoms with Crippen molar-refractivity contribution < 1.29 is 13.9 Å². The normalized spacial score (nSPS) is 15.5. The minimum absolute atomic E-state index is 0. The Morgan fingerprint density at radius 2 is 2.12 bits per heavy atom. The van der Waals surface area contributed by atoms with E-state index in [1.54, 1.807) is 19.2 Å². The molecule has 0 radical (unpaired) electrons. The number of esters is 1. The second kappa shape index (κ2) is 11.3. The fraction of sp³-hybridized carbons (Fsp3) is 0.556. The number of piperidine rings is 1. The monoisotopic (exact) mass is 463 g/mol. The van der Waals surface area contributed by atoms with Gasteiger partial charge in [0, 0.05) is 26.7 Å². The first-order chi connectivity index (χ1) is 11.6. The zero-order valence-corrected chi connectivity index (χ0v) is 17.2. The SMILES string of the molecule is CCOC(=O)C1CCN(C(=NC)NCCc2cccc(F)c2)CC1.I. The molecule has 0 spiro atoms. The lowest BCUT2D eigenvalue weighted by Crippen LogP contribution is -2.47. The Morgan fingerprint density at radius 1 is 1.40 bits per heavy atom. The molecule has 1 aliphatic heterocycles. The maximum atomic E-state index is 13.2. The zero-order chi connectivity index (χ0) is 17.4. The van der Waals surface area contributed by atoms with Crippen LogP contribution < -0.4 is 5.32 Å². The highest BCUT2D eigenvalue weighted by Crippen LogP contribution is 2.18. The van der Waals surface area contributed by atoms with E-state index in [4.69, 9.17) is 4.74 Å². The molecule has 0 unspecified atom stereocenters. The lowest BCUT2D eigenvalue weighted by atomic mass is 9.97. The van der Waals surface area contributed by atoms with Gasteiger partial charge in [0.2, 0.25) is 0 Å². The number of hydrogen-bond acceptors (Lipinski definition) is 3. The van der Waals surface area contributed by atoms with Crippen molar-refractivity contribution >= 4 is 35.9 Å². The second-order valence-electron chi connectivity index (χ2n) is 5.87. The maximum Gasteiger partial charge on any atom is 0.309 e. The Hall–Kier alpha value is -1.38. The summed E-state index contributed by atoms with van der Waals surface area (Å²) >= 11 is 0. The van der Waals surface area contributed by atoms with Crippen LogP contribution in [0.4, 0.5) is 4.39 Å². The smallest absolute Gasteiger partial charge is 0.309 e. The lowest BCUT2D eigenvalue weighted by molar-refractivity contribution is -0.149. The van der Waals surface area contributed by atoms with Crippen molar-refractivity contribution in [2.24, 2.45) is 10.9 Å². The van der Waals surface area contributed by atoms with E-state index in [9.17, 15) is 9.18 Å². The quantitative estimate of drug-likeness (QED) is 0.316. The molecule has 0 atom stereocenters. The third kappa shape index (κ3) is 6.80. The number of guanidine groups is 1. The fourth-order valence-electron chi connectivity index (χ4n) is 2.93. The molecule has 1 N–H and O–H groups in total. The van der Waals surface area contributed by atoms with E-state index in [1.807, 2.05) is 13.0 Å². The number of halogens is 2. The Bertz CT molecular complexity index is 575. The summed E-state index contributed by atoms with van der Waals surface area (Å²) in [4.78, 5) is 18.2. The zero-order valence-electron chi connectivity index (χ0n) is 14.8.